The number of nitrogens with zero attached hydrogens (tertiary/aromatic N) is 7. The number of rotatable bonds is 12. The van der Waals surface area contributed by atoms with Gasteiger partial charge in [-0.1, -0.05) is 6.92 Å². The molecule has 0 radical (unpaired) electrons. The Morgan fingerprint density at radius 3 is 2.06 bits per heavy atom. The minimum Gasteiger partial charge on any atom is -0.445 e. The number of azide groups is 1. The lowest BCUT2D eigenvalue weighted by Gasteiger charge is -2.23. The van der Waals surface area contributed by atoms with Gasteiger partial charge in [0.05, 0.1) is 19.5 Å². The van der Waals surface area contributed by atoms with Crippen LogP contribution in [0, 0.1) is 0 Å². The van der Waals surface area contributed by atoms with Crippen molar-refractivity contribution in [3.05, 3.63) is 70.1 Å². The van der Waals surface area contributed by atoms with Crippen LogP contribution < -0.4 is 9.57 Å². The number of ether oxygens (including phenoxy) is 1. The molecule has 0 aromatic heterocycles. The lowest BCUT2D eigenvalue weighted by Crippen LogP contribution is -2.30. The van der Waals surface area contributed by atoms with Crippen molar-refractivity contribution in [2.24, 2.45) is 15.5 Å². The number of benzene rings is 2. The Labute approximate surface area is 225 Å². The van der Waals surface area contributed by atoms with Crippen molar-refractivity contribution < 1.29 is 9.57 Å². The standard InChI is InChI=1S/C20H24Cl2N7O2P2S2/c1-5-20(2,30-18-10-6-17(7-11-18)15-25-29(4)33(21,22)35)32(34)28(3)24-14-16-8-12-19(13-9-16)31-27-26-23/h6-15H,5H2,1-4H3/q+1/b24-14+,25-15+. The largest absolute Gasteiger partial charge is 0.445 e. The average Bonchev–Trinajstić information content (AvgIpc) is 2.84. The summed E-state index contributed by atoms with van der Waals surface area (Å²) in [5.74, 6) is 1.12. The van der Waals surface area contributed by atoms with E-state index in [2.05, 4.69) is 20.4 Å². The minimum atomic E-state index is -2.65. The maximum absolute atomic E-state index is 8.31. The van der Waals surface area contributed by atoms with E-state index in [1.807, 2.05) is 45.2 Å². The Balaban J connectivity index is 2.06. The van der Waals surface area contributed by atoms with Crippen LogP contribution in [0.1, 0.15) is 31.4 Å². The monoisotopic (exact) mass is 590 g/mol. The van der Waals surface area contributed by atoms with Gasteiger partial charge in [0.1, 0.15) is 16.8 Å². The first-order valence-corrected chi connectivity index (χ1v) is 17.0. The Hall–Kier alpha value is -1.96. The summed E-state index contributed by atoms with van der Waals surface area (Å²) in [5.41, 5.74) is 9.99. The van der Waals surface area contributed by atoms with Crippen LogP contribution >= 0.6 is 34.2 Å². The van der Waals surface area contributed by atoms with E-state index in [1.54, 1.807) is 48.5 Å². The summed E-state index contributed by atoms with van der Waals surface area (Å²) >= 11 is 22.7. The smallest absolute Gasteiger partial charge is 0.358 e. The quantitative estimate of drug-likeness (QED) is 0.0630. The highest BCUT2D eigenvalue weighted by Gasteiger charge is 2.44. The molecule has 0 aliphatic carbocycles. The van der Waals surface area contributed by atoms with Crippen molar-refractivity contribution in [1.82, 2.24) is 9.56 Å². The van der Waals surface area contributed by atoms with Crippen molar-refractivity contribution in [2.75, 3.05) is 14.1 Å². The molecule has 186 valence electrons. The van der Waals surface area contributed by atoms with Gasteiger partial charge in [0.25, 0.3) is 5.34 Å². The third-order valence-corrected chi connectivity index (χ3v) is 11.2. The molecule has 0 fully saturated rings. The number of hydrogen-bond donors (Lipinski definition) is 0. The summed E-state index contributed by atoms with van der Waals surface area (Å²) in [4.78, 5) is 4.74. The number of hydrazone groups is 2. The highest BCUT2D eigenvalue weighted by atomic mass is 35.9. The average molecular weight is 591 g/mol. The summed E-state index contributed by atoms with van der Waals surface area (Å²) < 4.78 is 9.45. The summed E-state index contributed by atoms with van der Waals surface area (Å²) in [6.45, 7) is 2.80. The van der Waals surface area contributed by atoms with Gasteiger partial charge in [-0.2, -0.15) is 5.10 Å². The van der Waals surface area contributed by atoms with Crippen LogP contribution in [0.25, 0.3) is 10.4 Å². The minimum absolute atomic E-state index is 0.433. The van der Waals surface area contributed by atoms with Gasteiger partial charge in [-0.15, -0.1) is 9.88 Å². The highest BCUT2D eigenvalue weighted by molar-refractivity contribution is 8.37. The van der Waals surface area contributed by atoms with Crippen molar-refractivity contribution in [1.29, 1.82) is 0 Å². The molecule has 2 aromatic carbocycles. The predicted molar refractivity (Wildman–Crippen MR) is 153 cm³/mol. The molecule has 0 aliphatic heterocycles. The van der Waals surface area contributed by atoms with Crippen LogP contribution in [0.3, 0.4) is 0 Å². The molecule has 2 unspecified atom stereocenters. The molecule has 9 nitrogen and oxygen atoms in total. The normalized spacial score (nSPS) is 13.7. The third-order valence-electron chi connectivity index (χ3n) is 4.69. The molecular formula is C20H24Cl2N7O2P2S2+. The molecule has 0 bridgehead atoms. The zero-order valence-electron chi connectivity index (χ0n) is 19.4. The van der Waals surface area contributed by atoms with E-state index in [4.69, 9.17) is 61.2 Å². The van der Waals surface area contributed by atoms with Gasteiger partial charge in [0, 0.05) is 25.3 Å². The highest BCUT2D eigenvalue weighted by Crippen LogP contribution is 2.59. The zero-order chi connectivity index (χ0) is 26.1. The van der Waals surface area contributed by atoms with Crippen LogP contribution in [0.5, 0.6) is 11.5 Å². The molecule has 2 rings (SSSR count). The molecule has 0 saturated heterocycles. The maximum Gasteiger partial charge on any atom is 0.358 e. The Kier molecular flexibility index (Phi) is 11.2. The summed E-state index contributed by atoms with van der Waals surface area (Å²) in [6.07, 6.45) is 4.02. The molecule has 2 atom stereocenters. The Morgan fingerprint density at radius 2 is 1.57 bits per heavy atom. The van der Waals surface area contributed by atoms with Gasteiger partial charge in [0.15, 0.2) is 11.8 Å². The van der Waals surface area contributed by atoms with Crippen molar-refractivity contribution in [3.63, 3.8) is 0 Å². The number of hydrogen-bond acceptors (Lipinski definition) is 7. The van der Waals surface area contributed by atoms with E-state index in [9.17, 15) is 0 Å². The van der Waals surface area contributed by atoms with E-state index < -0.39 is 17.1 Å². The van der Waals surface area contributed by atoms with E-state index in [0.29, 0.717) is 17.9 Å². The van der Waals surface area contributed by atoms with Crippen LogP contribution in [0.4, 0.5) is 0 Å². The molecule has 0 N–H and O–H groups in total. The van der Waals surface area contributed by atoms with Gasteiger partial charge in [-0.05, 0) is 99.5 Å². The van der Waals surface area contributed by atoms with Crippen LogP contribution in [0.2, 0.25) is 0 Å². The zero-order valence-corrected chi connectivity index (χ0v) is 24.3. The van der Waals surface area contributed by atoms with Gasteiger partial charge in [0.2, 0.25) is 4.89 Å². The molecule has 0 aliphatic rings. The second kappa shape index (κ2) is 13.4. The lowest BCUT2D eigenvalue weighted by atomic mass is 10.2. The molecule has 0 heterocycles. The van der Waals surface area contributed by atoms with Gasteiger partial charge >= 0.3 is 6.85 Å². The molecule has 15 heteroatoms. The SMILES string of the molecule is CCC(C)(Oc1ccc(/C=N/N(C)P(=S)(Cl)Cl)cc1)[P+](=S)N(C)/N=C/c1ccc(ON=[N+]=[N-])cc1. The van der Waals surface area contributed by atoms with Crippen LogP contribution in [-0.2, 0) is 23.6 Å². The molecular weight excluding hydrogens is 567 g/mol. The van der Waals surface area contributed by atoms with Crippen molar-refractivity contribution >= 4 is 70.3 Å². The van der Waals surface area contributed by atoms with E-state index in [0.717, 1.165) is 11.1 Å². The fourth-order valence-corrected chi connectivity index (χ4v) is 4.89. The Morgan fingerprint density at radius 1 is 1.06 bits per heavy atom. The molecule has 0 saturated carbocycles. The first-order valence-electron chi connectivity index (χ1n) is 10.1. The van der Waals surface area contributed by atoms with Crippen LogP contribution in [0.15, 0.2) is 64.0 Å². The van der Waals surface area contributed by atoms with Crippen LogP contribution in [-0.4, -0.2) is 41.4 Å². The van der Waals surface area contributed by atoms with E-state index in [1.165, 1.54) is 4.78 Å². The van der Waals surface area contributed by atoms with E-state index in [-0.39, 0.29) is 0 Å². The first kappa shape index (κ1) is 29.3. The Bertz CT molecular complexity index is 1170. The third kappa shape index (κ3) is 9.21. The maximum atomic E-state index is 8.31. The van der Waals surface area contributed by atoms with Gasteiger partial charge in [-0.3, -0.25) is 0 Å². The first-order chi connectivity index (χ1) is 16.5. The molecule has 0 spiro atoms. The second-order valence-corrected chi connectivity index (χ2v) is 18.0. The lowest BCUT2D eigenvalue weighted by molar-refractivity contribution is 0.171. The number of halogens is 2. The van der Waals surface area contributed by atoms with E-state index >= 15 is 0 Å². The second-order valence-electron chi connectivity index (χ2n) is 7.21. The topological polar surface area (TPSA) is 98.4 Å². The summed E-state index contributed by atoms with van der Waals surface area (Å²) in [7, 11) is 3.47. The molecule has 2 aromatic rings. The fourth-order valence-electron chi connectivity index (χ4n) is 2.52. The molecule has 0 amide bonds. The summed E-state index contributed by atoms with van der Waals surface area (Å²) in [5, 5.41) is 11.1. The van der Waals surface area contributed by atoms with Crippen molar-refractivity contribution in [2.45, 2.75) is 25.6 Å². The predicted octanol–water partition coefficient (Wildman–Crippen LogP) is 7.59. The van der Waals surface area contributed by atoms with Crippen molar-refractivity contribution in [3.8, 4) is 11.5 Å². The summed E-state index contributed by atoms with van der Waals surface area (Å²) in [6, 6.07) is 14.4. The fraction of sp³-hybridized carbons (Fsp3) is 0.300. The van der Waals surface area contributed by atoms with Gasteiger partial charge < -0.3 is 9.57 Å². The van der Waals surface area contributed by atoms with Gasteiger partial charge in [-0.25, -0.2) is 4.78 Å². The molecule has 35 heavy (non-hydrogen) atoms.